The number of nitrogens with zero attached hydrogens (tertiary/aromatic N) is 3. The van der Waals surface area contributed by atoms with Crippen molar-refractivity contribution in [2.45, 2.75) is 11.4 Å². The predicted octanol–water partition coefficient (Wildman–Crippen LogP) is 6.28. The van der Waals surface area contributed by atoms with Crippen LogP contribution in [-0.4, -0.2) is 21.3 Å². The first kappa shape index (κ1) is 18.8. The Balaban J connectivity index is 1.42. The zero-order chi connectivity index (χ0) is 20.0. The smallest absolute Gasteiger partial charge is 0.249 e. The molecule has 0 bridgehead atoms. The number of halogens is 2. The maximum Gasteiger partial charge on any atom is 0.249 e. The van der Waals surface area contributed by atoms with Crippen LogP contribution in [0.25, 0.3) is 22.0 Å². The summed E-state index contributed by atoms with van der Waals surface area (Å²) in [5.74, 6) is -0.123. The van der Waals surface area contributed by atoms with E-state index in [1.54, 1.807) is 4.90 Å². The summed E-state index contributed by atoms with van der Waals surface area (Å²) in [6.45, 7) is 0. The average Bonchev–Trinajstić information content (AvgIpc) is 3.42. The van der Waals surface area contributed by atoms with E-state index in [4.69, 9.17) is 28.2 Å². The van der Waals surface area contributed by atoms with E-state index < -0.39 is 5.38 Å². The number of rotatable bonds is 4. The first-order chi connectivity index (χ1) is 14.1. The van der Waals surface area contributed by atoms with E-state index in [0.29, 0.717) is 10.2 Å². The number of hydrogen-bond donors (Lipinski definition) is 0. The van der Waals surface area contributed by atoms with Crippen LogP contribution in [0.5, 0.6) is 0 Å². The molecule has 1 aliphatic heterocycles. The molecule has 2 atom stereocenters. The van der Waals surface area contributed by atoms with E-state index in [0.717, 1.165) is 27.5 Å². The molecular formula is C21H13Cl2N3OS2. The number of anilines is 1. The quantitative estimate of drug-likeness (QED) is 0.267. The van der Waals surface area contributed by atoms with Crippen LogP contribution < -0.4 is 4.90 Å². The van der Waals surface area contributed by atoms with Gasteiger partial charge in [-0.3, -0.25) is 9.69 Å². The summed E-state index contributed by atoms with van der Waals surface area (Å²) >= 11 is 15.2. The molecule has 5 rings (SSSR count). The Bertz CT molecular complexity index is 1170. The third-order valence-corrected chi connectivity index (χ3v) is 7.11. The van der Waals surface area contributed by atoms with Gasteiger partial charge in [-0.15, -0.1) is 34.3 Å². The Hall–Kier alpha value is -2.25. The second-order valence-corrected chi connectivity index (χ2v) is 9.13. The largest absolute Gasteiger partial charge is 0.277 e. The van der Waals surface area contributed by atoms with Gasteiger partial charge in [-0.05, 0) is 17.7 Å². The molecule has 0 N–H and O–H groups in total. The number of carbonyl (C=O) groups is 1. The molecule has 2 unspecified atom stereocenters. The lowest BCUT2D eigenvalue weighted by Crippen LogP contribution is -2.56. The lowest BCUT2D eigenvalue weighted by atomic mass is 9.94. The number of carbonyl (C=O) groups excluding carboxylic acids is 1. The van der Waals surface area contributed by atoms with Gasteiger partial charge in [0.1, 0.15) is 16.1 Å². The lowest BCUT2D eigenvalue weighted by Gasteiger charge is -2.42. The number of amides is 1. The van der Waals surface area contributed by atoms with Crippen molar-refractivity contribution in [2.24, 2.45) is 0 Å². The van der Waals surface area contributed by atoms with Crippen LogP contribution in [0.2, 0.25) is 5.02 Å². The number of hydrogen-bond acceptors (Lipinski definition) is 5. The maximum atomic E-state index is 12.4. The van der Waals surface area contributed by atoms with E-state index >= 15 is 0 Å². The fourth-order valence-electron chi connectivity index (χ4n) is 3.25. The molecule has 0 saturated carbocycles. The van der Waals surface area contributed by atoms with Gasteiger partial charge in [0.2, 0.25) is 5.91 Å². The van der Waals surface area contributed by atoms with Gasteiger partial charge in [0, 0.05) is 21.3 Å². The fraction of sp³-hybridized carbons (Fsp3) is 0.0952. The molecule has 29 heavy (non-hydrogen) atoms. The van der Waals surface area contributed by atoms with Crippen molar-refractivity contribution in [3.05, 3.63) is 75.9 Å². The van der Waals surface area contributed by atoms with Crippen LogP contribution >= 0.6 is 45.9 Å². The second-order valence-electron chi connectivity index (χ2n) is 6.53. The molecule has 1 aliphatic rings. The van der Waals surface area contributed by atoms with Crippen LogP contribution in [0.3, 0.4) is 0 Å². The van der Waals surface area contributed by atoms with Gasteiger partial charge in [0.15, 0.2) is 5.13 Å². The standard InChI is InChI=1S/C21H13Cl2N3OS2/c22-14-8-6-12(7-9-14)15-10-28-19(24-15)16-11-29-21(25-16)26-18(17(23)20(26)27)13-4-2-1-3-5-13/h1-11,17-18H. The molecule has 2 aromatic carbocycles. The van der Waals surface area contributed by atoms with Crippen LogP contribution in [-0.2, 0) is 4.79 Å². The first-order valence-corrected chi connectivity index (χ1v) is 11.4. The Morgan fingerprint density at radius 3 is 2.38 bits per heavy atom. The van der Waals surface area contributed by atoms with E-state index in [9.17, 15) is 4.79 Å². The number of alkyl halides is 1. The molecule has 1 fully saturated rings. The van der Waals surface area contributed by atoms with Crippen molar-refractivity contribution in [1.82, 2.24) is 9.97 Å². The van der Waals surface area contributed by atoms with Crippen molar-refractivity contribution in [1.29, 1.82) is 0 Å². The minimum atomic E-state index is -0.568. The summed E-state index contributed by atoms with van der Waals surface area (Å²) in [5, 5.41) is 5.49. The molecule has 8 heteroatoms. The third-order valence-electron chi connectivity index (χ3n) is 4.73. The van der Waals surface area contributed by atoms with Gasteiger partial charge in [0.05, 0.1) is 11.7 Å². The van der Waals surface area contributed by atoms with Crippen molar-refractivity contribution in [3.8, 4) is 22.0 Å². The SMILES string of the molecule is O=C1C(Cl)C(c2ccccc2)N1c1nc(-c2nc(-c3ccc(Cl)cc3)cs2)cs1. The highest BCUT2D eigenvalue weighted by Gasteiger charge is 2.49. The Kier molecular flexibility index (Phi) is 4.87. The minimum Gasteiger partial charge on any atom is -0.277 e. The summed E-state index contributed by atoms with van der Waals surface area (Å²) in [5.41, 5.74) is 3.63. The highest BCUT2D eigenvalue weighted by atomic mass is 35.5. The number of β-lactam (4-membered cyclic amide) rings is 1. The summed E-state index contributed by atoms with van der Waals surface area (Å²) in [6, 6.07) is 17.2. The van der Waals surface area contributed by atoms with Crippen molar-refractivity contribution < 1.29 is 4.79 Å². The Morgan fingerprint density at radius 1 is 0.897 bits per heavy atom. The molecule has 2 aromatic heterocycles. The van der Waals surface area contributed by atoms with Crippen LogP contribution in [0.15, 0.2) is 65.4 Å². The van der Waals surface area contributed by atoms with E-state index in [1.807, 2.05) is 65.4 Å². The zero-order valence-corrected chi connectivity index (χ0v) is 18.0. The van der Waals surface area contributed by atoms with Crippen molar-refractivity contribution >= 4 is 56.9 Å². The molecular weight excluding hydrogens is 445 g/mol. The highest BCUT2D eigenvalue weighted by Crippen LogP contribution is 2.44. The normalized spacial score (nSPS) is 18.7. The number of thiazole rings is 2. The first-order valence-electron chi connectivity index (χ1n) is 8.81. The molecule has 4 aromatic rings. The van der Waals surface area contributed by atoms with E-state index in [1.165, 1.54) is 22.7 Å². The van der Waals surface area contributed by atoms with Crippen LogP contribution in [0, 0.1) is 0 Å². The van der Waals surface area contributed by atoms with Crippen LogP contribution in [0.4, 0.5) is 5.13 Å². The summed E-state index contributed by atoms with van der Waals surface area (Å²) in [4.78, 5) is 23.5. The van der Waals surface area contributed by atoms with Gasteiger partial charge in [0.25, 0.3) is 0 Å². The second kappa shape index (κ2) is 7.54. The van der Waals surface area contributed by atoms with Gasteiger partial charge in [-0.1, -0.05) is 54.1 Å². The van der Waals surface area contributed by atoms with Gasteiger partial charge < -0.3 is 0 Å². The average molecular weight is 458 g/mol. The Morgan fingerprint density at radius 2 is 1.62 bits per heavy atom. The summed E-state index contributed by atoms with van der Waals surface area (Å²) in [6.07, 6.45) is 0. The lowest BCUT2D eigenvalue weighted by molar-refractivity contribution is -0.123. The molecule has 144 valence electrons. The fourth-order valence-corrected chi connectivity index (χ4v) is 5.45. The molecule has 0 radical (unpaired) electrons. The topological polar surface area (TPSA) is 46.1 Å². The molecule has 0 aliphatic carbocycles. The van der Waals surface area contributed by atoms with Gasteiger partial charge >= 0.3 is 0 Å². The molecule has 4 nitrogen and oxygen atoms in total. The maximum absolute atomic E-state index is 12.4. The Labute approximate surface area is 185 Å². The van der Waals surface area contributed by atoms with Gasteiger partial charge in [-0.2, -0.15) is 0 Å². The minimum absolute atomic E-state index is 0.123. The molecule has 1 amide bonds. The summed E-state index contributed by atoms with van der Waals surface area (Å²) < 4.78 is 0. The molecule has 0 spiro atoms. The number of benzene rings is 2. The monoisotopic (exact) mass is 457 g/mol. The molecule has 3 heterocycles. The van der Waals surface area contributed by atoms with E-state index in [2.05, 4.69) is 4.98 Å². The van der Waals surface area contributed by atoms with Gasteiger partial charge in [-0.25, -0.2) is 9.97 Å². The molecule has 1 saturated heterocycles. The number of aromatic nitrogens is 2. The summed E-state index contributed by atoms with van der Waals surface area (Å²) in [7, 11) is 0. The van der Waals surface area contributed by atoms with Crippen molar-refractivity contribution in [2.75, 3.05) is 4.90 Å². The van der Waals surface area contributed by atoms with Crippen molar-refractivity contribution in [3.63, 3.8) is 0 Å². The highest BCUT2D eigenvalue weighted by molar-refractivity contribution is 7.16. The van der Waals surface area contributed by atoms with Crippen LogP contribution in [0.1, 0.15) is 11.6 Å². The zero-order valence-electron chi connectivity index (χ0n) is 14.8. The van der Waals surface area contributed by atoms with E-state index in [-0.39, 0.29) is 11.9 Å². The third kappa shape index (κ3) is 3.36. The predicted molar refractivity (Wildman–Crippen MR) is 120 cm³/mol.